The lowest BCUT2D eigenvalue weighted by molar-refractivity contribution is 0.00337. The van der Waals surface area contributed by atoms with Crippen LogP contribution in [0.3, 0.4) is 0 Å². The maximum absolute atomic E-state index is 11.3. The number of fused-ring (bicyclic) bond motifs is 1. The summed E-state index contributed by atoms with van der Waals surface area (Å²) < 4.78 is 5.63. The molecule has 1 aromatic heterocycles. The third-order valence-electron chi connectivity index (χ3n) is 3.74. The van der Waals surface area contributed by atoms with Gasteiger partial charge < -0.3 is 20.2 Å². The average molecular weight is 274 g/mol. The number of aliphatic hydroxyl groups is 1. The zero-order valence-corrected chi connectivity index (χ0v) is 11.4. The van der Waals surface area contributed by atoms with E-state index in [2.05, 4.69) is 11.1 Å². The van der Waals surface area contributed by atoms with Crippen molar-refractivity contribution in [3.8, 4) is 0 Å². The van der Waals surface area contributed by atoms with Gasteiger partial charge >= 0.3 is 0 Å². The first-order valence-electron chi connectivity index (χ1n) is 6.44. The van der Waals surface area contributed by atoms with E-state index >= 15 is 0 Å². The van der Waals surface area contributed by atoms with Gasteiger partial charge in [0, 0.05) is 19.0 Å². The van der Waals surface area contributed by atoms with Gasteiger partial charge in [-0.3, -0.25) is 4.79 Å². The summed E-state index contributed by atoms with van der Waals surface area (Å²) in [5, 5.41) is 9.91. The van der Waals surface area contributed by atoms with E-state index in [1.807, 2.05) is 4.90 Å². The van der Waals surface area contributed by atoms with Crippen LogP contribution >= 0.6 is 0 Å². The molecule has 3 rings (SSSR count). The summed E-state index contributed by atoms with van der Waals surface area (Å²) in [6, 6.07) is 6.51. The smallest absolute Gasteiger partial charge is 0.298 e. The van der Waals surface area contributed by atoms with Crippen molar-refractivity contribution in [1.29, 1.82) is 0 Å². The van der Waals surface area contributed by atoms with Crippen molar-refractivity contribution in [2.75, 3.05) is 18.0 Å². The van der Waals surface area contributed by atoms with Crippen molar-refractivity contribution in [3.63, 3.8) is 0 Å². The second-order valence-electron chi connectivity index (χ2n) is 5.68. The van der Waals surface area contributed by atoms with Crippen molar-refractivity contribution < 1.29 is 14.3 Å². The predicted molar refractivity (Wildman–Crippen MR) is 73.4 cm³/mol. The summed E-state index contributed by atoms with van der Waals surface area (Å²) in [4.78, 5) is 17.6. The molecule has 0 bridgehead atoms. The Morgan fingerprint density at radius 2 is 2.30 bits per heavy atom. The molecule has 1 aliphatic heterocycles. The number of anilines is 1. The van der Waals surface area contributed by atoms with E-state index in [4.69, 9.17) is 10.2 Å². The highest BCUT2D eigenvalue weighted by atomic mass is 16.4. The fourth-order valence-electron chi connectivity index (χ4n) is 2.29. The van der Waals surface area contributed by atoms with Gasteiger partial charge in [-0.05, 0) is 32.0 Å². The molecule has 3 N–H and O–H groups in total. The maximum atomic E-state index is 11.3. The van der Waals surface area contributed by atoms with Gasteiger partial charge in [0.1, 0.15) is 5.52 Å². The number of benzene rings is 1. The number of primary amides is 1. The minimum Gasteiger partial charge on any atom is -0.423 e. The quantitative estimate of drug-likeness (QED) is 0.868. The minimum atomic E-state index is -0.714. The van der Waals surface area contributed by atoms with Crippen LogP contribution in [0.5, 0.6) is 0 Å². The highest BCUT2D eigenvalue weighted by Gasteiger charge is 2.39. The molecule has 1 radical (unpaired) electrons. The fourth-order valence-corrected chi connectivity index (χ4v) is 2.29. The van der Waals surface area contributed by atoms with E-state index in [1.54, 1.807) is 26.0 Å². The summed E-state index contributed by atoms with van der Waals surface area (Å²) in [5.41, 5.74) is 5.76. The second-order valence-corrected chi connectivity index (χ2v) is 5.68. The standard InChI is InChI=1S/C14H16N3O3/c1-14(2,19)8-6-17(7-8)13-16-11-9(12(15)18)4-3-5-10(11)20-13/h3,5,8,19H,6-7H2,1-2H3,(H2,15,18). The van der Waals surface area contributed by atoms with Gasteiger partial charge in [-0.2, -0.15) is 4.98 Å². The fraction of sp³-hybridized carbons (Fsp3) is 0.429. The molecule has 1 amide bonds. The Morgan fingerprint density at radius 1 is 1.60 bits per heavy atom. The number of nitrogens with two attached hydrogens (primary N) is 1. The van der Waals surface area contributed by atoms with Crippen LogP contribution in [0.1, 0.15) is 24.2 Å². The first kappa shape index (κ1) is 12.9. The third-order valence-corrected chi connectivity index (χ3v) is 3.74. The number of hydrogen-bond donors (Lipinski definition) is 2. The lowest BCUT2D eigenvalue weighted by Gasteiger charge is -2.44. The Kier molecular flexibility index (Phi) is 2.72. The number of amides is 1. The number of carbonyl (C=O) groups excluding carboxylic acids is 1. The van der Waals surface area contributed by atoms with E-state index in [0.717, 1.165) is 0 Å². The Labute approximate surface area is 116 Å². The molecule has 1 aromatic carbocycles. The van der Waals surface area contributed by atoms with Crippen LogP contribution in [0, 0.1) is 12.0 Å². The van der Waals surface area contributed by atoms with Crippen LogP contribution in [-0.4, -0.2) is 34.7 Å². The molecule has 20 heavy (non-hydrogen) atoms. The molecule has 6 heteroatoms. The normalized spacial score (nSPS) is 16.4. The molecule has 0 unspecified atom stereocenters. The van der Waals surface area contributed by atoms with Gasteiger partial charge in [0.25, 0.3) is 11.9 Å². The number of nitrogens with zero attached hydrogens (tertiary/aromatic N) is 2. The van der Waals surface area contributed by atoms with E-state index in [0.29, 0.717) is 30.2 Å². The highest BCUT2D eigenvalue weighted by molar-refractivity contribution is 6.03. The molecular weight excluding hydrogens is 258 g/mol. The van der Waals surface area contributed by atoms with Crippen LogP contribution in [0.4, 0.5) is 6.01 Å². The van der Waals surface area contributed by atoms with E-state index in [9.17, 15) is 9.90 Å². The number of carbonyl (C=O) groups is 1. The summed E-state index contributed by atoms with van der Waals surface area (Å²) in [6.07, 6.45) is 0. The molecule has 2 aromatic rings. The zero-order chi connectivity index (χ0) is 14.5. The summed E-state index contributed by atoms with van der Waals surface area (Å²) in [7, 11) is 0. The van der Waals surface area contributed by atoms with Crippen molar-refractivity contribution >= 4 is 23.0 Å². The largest absolute Gasteiger partial charge is 0.423 e. The third kappa shape index (κ3) is 2.02. The van der Waals surface area contributed by atoms with Gasteiger partial charge in [-0.15, -0.1) is 0 Å². The Bertz CT molecular complexity index is 666. The van der Waals surface area contributed by atoms with E-state index in [1.165, 1.54) is 0 Å². The van der Waals surface area contributed by atoms with Gasteiger partial charge in [0.05, 0.1) is 11.2 Å². The van der Waals surface area contributed by atoms with Crippen molar-refractivity contribution in [2.45, 2.75) is 19.4 Å². The van der Waals surface area contributed by atoms with Crippen molar-refractivity contribution in [1.82, 2.24) is 4.98 Å². The maximum Gasteiger partial charge on any atom is 0.298 e. The number of rotatable bonds is 3. The van der Waals surface area contributed by atoms with E-state index < -0.39 is 11.5 Å². The summed E-state index contributed by atoms with van der Waals surface area (Å²) in [5.74, 6) is -0.395. The Hall–Kier alpha value is -2.08. The molecule has 0 saturated carbocycles. The molecular formula is C14H16N3O3. The minimum absolute atomic E-state index is 0.180. The van der Waals surface area contributed by atoms with Crippen LogP contribution in [0.25, 0.3) is 11.1 Å². The van der Waals surface area contributed by atoms with Crippen molar-refractivity contribution in [2.24, 2.45) is 11.7 Å². The van der Waals surface area contributed by atoms with Gasteiger partial charge in [-0.25, -0.2) is 0 Å². The lowest BCUT2D eigenvalue weighted by atomic mass is 9.85. The topological polar surface area (TPSA) is 92.6 Å². The zero-order valence-electron chi connectivity index (χ0n) is 11.4. The molecule has 2 heterocycles. The molecule has 6 nitrogen and oxygen atoms in total. The van der Waals surface area contributed by atoms with Gasteiger partial charge in [0.2, 0.25) is 0 Å². The van der Waals surface area contributed by atoms with E-state index in [-0.39, 0.29) is 11.5 Å². The molecule has 105 valence electrons. The molecule has 1 aliphatic rings. The second kappa shape index (κ2) is 4.21. The molecule has 1 fully saturated rings. The summed E-state index contributed by atoms with van der Waals surface area (Å²) in [6.45, 7) is 4.93. The summed E-state index contributed by atoms with van der Waals surface area (Å²) >= 11 is 0. The Morgan fingerprint density at radius 3 is 2.90 bits per heavy atom. The number of hydrogen-bond acceptors (Lipinski definition) is 5. The molecule has 0 aliphatic carbocycles. The van der Waals surface area contributed by atoms with Gasteiger partial charge in [0.15, 0.2) is 5.58 Å². The lowest BCUT2D eigenvalue weighted by Crippen LogP contribution is -2.56. The first-order valence-corrected chi connectivity index (χ1v) is 6.44. The molecule has 1 saturated heterocycles. The number of oxazole rings is 1. The molecule has 0 atom stereocenters. The van der Waals surface area contributed by atoms with Gasteiger partial charge in [-0.1, -0.05) is 0 Å². The predicted octanol–water partition coefficient (Wildman–Crippen LogP) is 0.934. The van der Waals surface area contributed by atoms with Crippen LogP contribution < -0.4 is 10.6 Å². The Balaban J connectivity index is 1.88. The van der Waals surface area contributed by atoms with Crippen molar-refractivity contribution in [3.05, 3.63) is 23.8 Å². The monoisotopic (exact) mass is 274 g/mol. The SMILES string of the molecule is CC(C)(O)C1CN(c2nc3c(C(N)=O)[c]ccc3o2)C1. The van der Waals surface area contributed by atoms with Crippen LogP contribution in [0.2, 0.25) is 0 Å². The highest BCUT2D eigenvalue weighted by Crippen LogP contribution is 2.33. The van der Waals surface area contributed by atoms with Crippen LogP contribution in [0.15, 0.2) is 16.5 Å². The molecule has 0 spiro atoms. The number of aromatic nitrogens is 1. The first-order chi connectivity index (χ1) is 9.36. The van der Waals surface area contributed by atoms with Crippen LogP contribution in [-0.2, 0) is 0 Å². The average Bonchev–Trinajstić information content (AvgIpc) is 2.66.